The maximum Gasteiger partial charge on any atom is 0.150 e. The molecular weight excluding hydrogens is 337 g/mol. The van der Waals surface area contributed by atoms with E-state index < -0.39 is 11.5 Å². The number of anilines is 1. The summed E-state index contributed by atoms with van der Waals surface area (Å²) in [5, 5.41) is 14.2. The van der Waals surface area contributed by atoms with Crippen molar-refractivity contribution in [1.29, 1.82) is 5.26 Å². The zero-order chi connectivity index (χ0) is 17.4. The van der Waals surface area contributed by atoms with Gasteiger partial charge in [-0.25, -0.2) is 4.39 Å². The average Bonchev–Trinajstić information content (AvgIpc) is 2.98. The van der Waals surface area contributed by atoms with E-state index in [4.69, 9.17) is 11.6 Å². The van der Waals surface area contributed by atoms with Crippen LogP contribution < -0.4 is 5.32 Å². The van der Waals surface area contributed by atoms with Crippen molar-refractivity contribution in [1.82, 2.24) is 4.98 Å². The SMILES string of the molecule is N#C[C@]1(c2cccc(F)c2)c2ncccc2N[C@@H]1c1ccc(Cl)cc1. The minimum atomic E-state index is -1.13. The van der Waals surface area contributed by atoms with Crippen LogP contribution in [0.3, 0.4) is 0 Å². The molecule has 0 spiro atoms. The van der Waals surface area contributed by atoms with E-state index in [0.29, 0.717) is 16.3 Å². The number of aromatic nitrogens is 1. The van der Waals surface area contributed by atoms with E-state index in [9.17, 15) is 9.65 Å². The van der Waals surface area contributed by atoms with E-state index in [1.807, 2.05) is 24.3 Å². The standard InChI is InChI=1S/C20H13ClFN3/c21-15-8-6-13(7-9-15)18-20(12-23,14-3-1-4-16(22)11-14)19-17(25-18)5-2-10-24-19/h1-11,18,25H/t18-,20-/m1/s1. The summed E-state index contributed by atoms with van der Waals surface area (Å²) < 4.78 is 13.9. The summed E-state index contributed by atoms with van der Waals surface area (Å²) in [6.07, 6.45) is 1.65. The van der Waals surface area contributed by atoms with Gasteiger partial charge in [-0.15, -0.1) is 0 Å². The molecular formula is C20H13ClFN3. The summed E-state index contributed by atoms with van der Waals surface area (Å²) in [6, 6.07) is 19.2. The largest absolute Gasteiger partial charge is 0.374 e. The van der Waals surface area contributed by atoms with Crippen LogP contribution in [0.5, 0.6) is 0 Å². The number of nitrogens with zero attached hydrogens (tertiary/aromatic N) is 2. The second-order valence-corrected chi connectivity index (χ2v) is 6.40. The lowest BCUT2D eigenvalue weighted by Gasteiger charge is -2.29. The molecule has 0 saturated carbocycles. The quantitative estimate of drug-likeness (QED) is 0.719. The van der Waals surface area contributed by atoms with Gasteiger partial charge in [-0.05, 0) is 47.5 Å². The number of rotatable bonds is 2. The van der Waals surface area contributed by atoms with Gasteiger partial charge >= 0.3 is 0 Å². The van der Waals surface area contributed by atoms with E-state index in [0.717, 1.165) is 11.3 Å². The summed E-state index contributed by atoms with van der Waals surface area (Å²) in [6.45, 7) is 0. The molecule has 4 rings (SSSR count). The van der Waals surface area contributed by atoms with Crippen LogP contribution in [0.1, 0.15) is 22.9 Å². The first-order valence-electron chi connectivity index (χ1n) is 7.80. The van der Waals surface area contributed by atoms with Gasteiger partial charge in [-0.3, -0.25) is 4.98 Å². The Morgan fingerprint density at radius 3 is 2.64 bits per heavy atom. The minimum absolute atomic E-state index is 0.383. The van der Waals surface area contributed by atoms with Crippen LogP contribution in [-0.2, 0) is 5.41 Å². The molecule has 1 aliphatic rings. The monoisotopic (exact) mass is 349 g/mol. The molecule has 1 N–H and O–H groups in total. The Labute approximate surface area is 149 Å². The predicted molar refractivity (Wildman–Crippen MR) is 94.8 cm³/mol. The highest BCUT2D eigenvalue weighted by Gasteiger charge is 2.51. The van der Waals surface area contributed by atoms with Gasteiger partial charge in [-0.2, -0.15) is 5.26 Å². The summed E-state index contributed by atoms with van der Waals surface area (Å²) in [5.41, 5.74) is 1.69. The Bertz CT molecular complexity index is 981. The van der Waals surface area contributed by atoms with Gasteiger partial charge < -0.3 is 5.32 Å². The van der Waals surface area contributed by atoms with Crippen LogP contribution in [0.25, 0.3) is 0 Å². The van der Waals surface area contributed by atoms with Crippen LogP contribution in [0.2, 0.25) is 5.02 Å². The number of benzene rings is 2. The zero-order valence-corrected chi connectivity index (χ0v) is 13.8. The lowest BCUT2D eigenvalue weighted by molar-refractivity contribution is 0.563. The van der Waals surface area contributed by atoms with Gasteiger partial charge in [0.2, 0.25) is 0 Å². The zero-order valence-electron chi connectivity index (χ0n) is 13.1. The Hall–Kier alpha value is -2.90. The molecule has 1 aromatic heterocycles. The maximum atomic E-state index is 13.9. The fourth-order valence-corrected chi connectivity index (χ4v) is 3.57. The van der Waals surface area contributed by atoms with Crippen LogP contribution in [-0.4, -0.2) is 4.98 Å². The molecule has 122 valence electrons. The van der Waals surface area contributed by atoms with Crippen molar-refractivity contribution < 1.29 is 4.39 Å². The average molecular weight is 350 g/mol. The first-order chi connectivity index (χ1) is 12.1. The second-order valence-electron chi connectivity index (χ2n) is 5.96. The molecule has 2 aromatic carbocycles. The molecule has 3 aromatic rings. The normalized spacial score (nSPS) is 21.2. The molecule has 0 aliphatic carbocycles. The molecule has 3 nitrogen and oxygen atoms in total. The van der Waals surface area contributed by atoms with E-state index >= 15 is 0 Å². The lowest BCUT2D eigenvalue weighted by Crippen LogP contribution is -2.33. The number of pyridine rings is 1. The third-order valence-electron chi connectivity index (χ3n) is 4.57. The van der Waals surface area contributed by atoms with Gasteiger partial charge in [0.1, 0.15) is 5.82 Å². The van der Waals surface area contributed by atoms with E-state index in [1.165, 1.54) is 12.1 Å². The van der Waals surface area contributed by atoms with Crippen molar-refractivity contribution >= 4 is 17.3 Å². The molecule has 5 heteroatoms. The van der Waals surface area contributed by atoms with Crippen molar-refractivity contribution in [2.75, 3.05) is 5.32 Å². The minimum Gasteiger partial charge on any atom is -0.374 e. The Morgan fingerprint density at radius 1 is 1.12 bits per heavy atom. The Balaban J connectivity index is 1.98. The van der Waals surface area contributed by atoms with Crippen molar-refractivity contribution in [3.8, 4) is 6.07 Å². The third kappa shape index (κ3) is 2.36. The molecule has 25 heavy (non-hydrogen) atoms. The van der Waals surface area contributed by atoms with Gasteiger partial charge in [0.15, 0.2) is 5.41 Å². The highest BCUT2D eigenvalue weighted by molar-refractivity contribution is 6.30. The molecule has 0 bridgehead atoms. The topological polar surface area (TPSA) is 48.7 Å². The van der Waals surface area contributed by atoms with Crippen molar-refractivity contribution in [3.05, 3.63) is 94.5 Å². The van der Waals surface area contributed by atoms with Crippen molar-refractivity contribution in [2.24, 2.45) is 0 Å². The Kier molecular flexibility index (Phi) is 3.67. The third-order valence-corrected chi connectivity index (χ3v) is 4.83. The molecule has 0 radical (unpaired) electrons. The van der Waals surface area contributed by atoms with E-state index in [1.54, 1.807) is 30.5 Å². The molecule has 0 saturated heterocycles. The molecule has 1 aliphatic heterocycles. The fourth-order valence-electron chi connectivity index (χ4n) is 3.44. The first kappa shape index (κ1) is 15.6. The van der Waals surface area contributed by atoms with Crippen molar-refractivity contribution in [2.45, 2.75) is 11.5 Å². The number of hydrogen-bond donors (Lipinski definition) is 1. The number of nitrogens with one attached hydrogen (secondary N) is 1. The number of hydrogen-bond acceptors (Lipinski definition) is 3. The van der Waals surface area contributed by atoms with Crippen LogP contribution in [0.4, 0.5) is 10.1 Å². The molecule has 2 atom stereocenters. The maximum absolute atomic E-state index is 13.9. The molecule has 0 amide bonds. The molecule has 0 unspecified atom stereocenters. The predicted octanol–water partition coefficient (Wildman–Crippen LogP) is 4.85. The number of nitriles is 1. The highest BCUT2D eigenvalue weighted by atomic mass is 35.5. The van der Waals surface area contributed by atoms with Gasteiger partial charge in [0, 0.05) is 11.2 Å². The Morgan fingerprint density at radius 2 is 1.92 bits per heavy atom. The number of halogens is 2. The van der Waals surface area contributed by atoms with Gasteiger partial charge in [-0.1, -0.05) is 35.9 Å². The second kappa shape index (κ2) is 5.87. The molecule has 0 fully saturated rings. The first-order valence-corrected chi connectivity index (χ1v) is 8.18. The van der Waals surface area contributed by atoms with Gasteiger partial charge in [0.05, 0.1) is 23.5 Å². The summed E-state index contributed by atoms with van der Waals surface area (Å²) >= 11 is 6.00. The highest BCUT2D eigenvalue weighted by Crippen LogP contribution is 2.51. The van der Waals surface area contributed by atoms with Crippen LogP contribution in [0.15, 0.2) is 66.9 Å². The summed E-state index contributed by atoms with van der Waals surface area (Å²) in [4.78, 5) is 4.45. The van der Waals surface area contributed by atoms with Crippen LogP contribution >= 0.6 is 11.6 Å². The summed E-state index contributed by atoms with van der Waals surface area (Å²) in [7, 11) is 0. The van der Waals surface area contributed by atoms with E-state index in [2.05, 4.69) is 16.4 Å². The van der Waals surface area contributed by atoms with Crippen molar-refractivity contribution in [3.63, 3.8) is 0 Å². The smallest absolute Gasteiger partial charge is 0.150 e. The van der Waals surface area contributed by atoms with Crippen LogP contribution in [0, 0.1) is 17.1 Å². The summed E-state index contributed by atoms with van der Waals surface area (Å²) in [5.74, 6) is -0.383. The molecule has 2 heterocycles. The number of fused-ring (bicyclic) bond motifs is 1. The lowest BCUT2D eigenvalue weighted by atomic mass is 9.72. The van der Waals surface area contributed by atoms with Gasteiger partial charge in [0.25, 0.3) is 0 Å². The van der Waals surface area contributed by atoms with E-state index in [-0.39, 0.29) is 5.82 Å². The fraction of sp³-hybridized carbons (Fsp3) is 0.100.